The van der Waals surface area contributed by atoms with Crippen molar-refractivity contribution in [3.05, 3.63) is 121 Å². The number of amides is 2. The van der Waals surface area contributed by atoms with E-state index in [0.717, 1.165) is 20.7 Å². The Kier molecular flexibility index (Phi) is 16.3. The number of hydrogen-bond donors (Lipinski definition) is 2. The van der Waals surface area contributed by atoms with Crippen molar-refractivity contribution in [3.63, 3.8) is 0 Å². The Morgan fingerprint density at radius 3 is 1.00 bits per heavy atom. The van der Waals surface area contributed by atoms with Crippen LogP contribution in [0.25, 0.3) is 0 Å². The molecule has 6 rings (SSSR count). The summed E-state index contributed by atoms with van der Waals surface area (Å²) in [6, 6.07) is 39.1. The van der Waals surface area contributed by atoms with Crippen molar-refractivity contribution >= 4 is 49.6 Å². The van der Waals surface area contributed by atoms with Crippen LogP contribution in [0, 0.1) is 11.8 Å². The summed E-state index contributed by atoms with van der Waals surface area (Å²) in [7, 11) is -5.94. The zero-order valence-corrected chi connectivity index (χ0v) is 44.5. The summed E-state index contributed by atoms with van der Waals surface area (Å²) in [5, 5.41) is 27.8. The molecular weight excluding hydrogens is 885 g/mol. The maximum absolute atomic E-state index is 14.2. The first-order chi connectivity index (χ1) is 31.9. The highest BCUT2D eigenvalue weighted by Crippen LogP contribution is 2.40. The van der Waals surface area contributed by atoms with E-state index in [4.69, 9.17) is 18.3 Å². The number of ether oxygens (including phenoxy) is 2. The van der Waals surface area contributed by atoms with Crippen LogP contribution in [-0.2, 0) is 18.3 Å². The van der Waals surface area contributed by atoms with E-state index in [1.165, 1.54) is 0 Å². The maximum Gasteiger partial charge on any atom is 0.410 e. The van der Waals surface area contributed by atoms with Crippen LogP contribution in [0.15, 0.2) is 121 Å². The van der Waals surface area contributed by atoms with E-state index in [0.29, 0.717) is 25.7 Å². The smallest absolute Gasteiger partial charge is 0.410 e. The Bertz CT molecular complexity index is 2090. The van der Waals surface area contributed by atoms with Gasteiger partial charge in [-0.1, -0.05) is 175 Å². The van der Waals surface area contributed by atoms with E-state index < -0.39 is 76.4 Å². The van der Waals surface area contributed by atoms with E-state index in [1.54, 1.807) is 9.80 Å². The van der Waals surface area contributed by atoms with E-state index in [-0.39, 0.29) is 23.3 Å². The summed E-state index contributed by atoms with van der Waals surface area (Å²) < 4.78 is 26.6. The molecule has 0 aromatic heterocycles. The van der Waals surface area contributed by atoms with E-state index in [1.807, 2.05) is 114 Å². The van der Waals surface area contributed by atoms with Crippen LogP contribution in [0.4, 0.5) is 9.59 Å². The topological polar surface area (TPSA) is 118 Å². The van der Waals surface area contributed by atoms with Crippen molar-refractivity contribution in [2.75, 3.05) is 13.2 Å². The van der Waals surface area contributed by atoms with Crippen LogP contribution < -0.4 is 20.7 Å². The third-order valence-electron chi connectivity index (χ3n) is 13.2. The fourth-order valence-corrected chi connectivity index (χ4v) is 19.5. The van der Waals surface area contributed by atoms with Gasteiger partial charge in [-0.3, -0.25) is 9.80 Å². The van der Waals surface area contributed by atoms with Crippen LogP contribution in [0.1, 0.15) is 109 Å². The molecule has 12 heteroatoms. The third kappa shape index (κ3) is 11.6. The molecule has 2 aliphatic heterocycles. The minimum Gasteiger partial charge on any atom is -0.444 e. The predicted octanol–water partition coefficient (Wildman–Crippen LogP) is 8.40. The number of likely N-dealkylation sites (tertiary alicyclic amines) is 2. The van der Waals surface area contributed by atoms with Gasteiger partial charge in [0.2, 0.25) is 0 Å². The van der Waals surface area contributed by atoms with Gasteiger partial charge in [-0.05, 0) is 98.0 Å². The Morgan fingerprint density at radius 2 is 0.765 bits per heavy atom. The first-order valence-corrected chi connectivity index (χ1v) is 28.1. The van der Waals surface area contributed by atoms with Crippen LogP contribution in [-0.4, -0.2) is 110 Å². The molecule has 2 N–H and O–H groups in total. The van der Waals surface area contributed by atoms with E-state index in [9.17, 15) is 19.8 Å². The standard InChI is InChI=1S/C56H76N2O8Si2/c1-53(2,3)65-51(61)57-41(39-63-67(55(7,8)9,43-25-17-13-18-26-43)44-27-19-14-20-28-44)33-35-47(57)49(59)37-38-50(60)48-36-34-42(58(48)52(62)66-54(4,5)6)40-64-68(56(10,11)12,45-29-21-15-22-30-45)46-31-23-16-24-32-46/h13-32,41-42,47-50,59-60H,33-36,39-40H2,1-12H3/t41-,42-,47-,48-,49+,50+/m0/s1. The second-order valence-corrected chi connectivity index (χ2v) is 31.1. The molecule has 6 atom stereocenters. The average molecular weight is 961 g/mol. The minimum absolute atomic E-state index is 0.218. The number of nitrogens with zero attached hydrogens (tertiary/aromatic N) is 2. The maximum atomic E-state index is 14.2. The molecule has 4 aromatic rings. The third-order valence-corrected chi connectivity index (χ3v) is 23.2. The van der Waals surface area contributed by atoms with Gasteiger partial charge in [-0.2, -0.15) is 0 Å². The van der Waals surface area contributed by atoms with Gasteiger partial charge < -0.3 is 28.5 Å². The van der Waals surface area contributed by atoms with Crippen molar-refractivity contribution in [2.24, 2.45) is 0 Å². The summed E-state index contributed by atoms with van der Waals surface area (Å²) in [6.07, 6.45) is -1.82. The number of rotatable bonds is 12. The van der Waals surface area contributed by atoms with Gasteiger partial charge in [0, 0.05) is 0 Å². The van der Waals surface area contributed by atoms with Crippen molar-refractivity contribution in [2.45, 2.75) is 166 Å². The number of benzene rings is 4. The lowest BCUT2D eigenvalue weighted by Gasteiger charge is -2.44. The fourth-order valence-electron chi connectivity index (χ4n) is 10.3. The van der Waals surface area contributed by atoms with Gasteiger partial charge in [-0.15, -0.1) is 0 Å². The second kappa shape index (κ2) is 21.1. The minimum atomic E-state index is -2.97. The van der Waals surface area contributed by atoms with Gasteiger partial charge in [0.05, 0.1) is 37.4 Å². The van der Waals surface area contributed by atoms with Gasteiger partial charge in [0.1, 0.15) is 23.4 Å². The molecule has 2 heterocycles. The molecule has 0 bridgehead atoms. The molecule has 68 heavy (non-hydrogen) atoms. The Labute approximate surface area is 408 Å². The second-order valence-electron chi connectivity index (χ2n) is 22.5. The summed E-state index contributed by atoms with van der Waals surface area (Å²) in [5.74, 6) is 5.86. The molecular formula is C56H76N2O8Si2. The molecule has 0 saturated carbocycles. The van der Waals surface area contributed by atoms with Crippen molar-refractivity contribution in [1.82, 2.24) is 9.80 Å². The molecule has 4 aromatic carbocycles. The number of carbonyl (C=O) groups is 2. The largest absolute Gasteiger partial charge is 0.444 e. The quantitative estimate of drug-likeness (QED) is 0.108. The molecule has 2 amide bonds. The highest BCUT2D eigenvalue weighted by atomic mass is 28.4. The number of hydrogen-bond acceptors (Lipinski definition) is 8. The molecule has 0 unspecified atom stereocenters. The van der Waals surface area contributed by atoms with Crippen molar-refractivity contribution < 1.29 is 38.1 Å². The van der Waals surface area contributed by atoms with Crippen molar-refractivity contribution in [3.8, 4) is 11.8 Å². The first-order valence-electron chi connectivity index (χ1n) is 24.3. The highest BCUT2D eigenvalue weighted by Gasteiger charge is 2.54. The molecule has 2 aliphatic rings. The number of aliphatic hydroxyl groups is 2. The molecule has 0 aliphatic carbocycles. The SMILES string of the molecule is CC(C)(C)OC(=O)N1[C@H](CO[Si](c2ccccc2)(c2ccccc2)C(C)(C)C)CC[C@H]1[C@H](O)C#C[C@@H](O)[C@@H]1CC[C@@H](CO[Si](c2ccccc2)(c2ccccc2)C(C)(C)C)N1C(=O)OC(C)(C)C. The van der Waals surface area contributed by atoms with Gasteiger partial charge in [0.15, 0.2) is 0 Å². The van der Waals surface area contributed by atoms with Crippen molar-refractivity contribution in [1.29, 1.82) is 0 Å². The highest BCUT2D eigenvalue weighted by molar-refractivity contribution is 7.00. The van der Waals surface area contributed by atoms with Crippen LogP contribution in [0.2, 0.25) is 10.1 Å². The summed E-state index contributed by atoms with van der Waals surface area (Å²) in [5.41, 5.74) is -1.60. The zero-order chi connectivity index (χ0) is 49.7. The van der Waals surface area contributed by atoms with Gasteiger partial charge in [0.25, 0.3) is 16.6 Å². The molecule has 2 saturated heterocycles. The van der Waals surface area contributed by atoms with Gasteiger partial charge >= 0.3 is 12.2 Å². The number of aliphatic hydroxyl groups excluding tert-OH is 2. The molecule has 0 spiro atoms. The van der Waals surface area contributed by atoms with Crippen LogP contribution in [0.5, 0.6) is 0 Å². The normalized spacial score (nSPS) is 20.3. The lowest BCUT2D eigenvalue weighted by molar-refractivity contribution is -0.00343. The monoisotopic (exact) mass is 961 g/mol. The van der Waals surface area contributed by atoms with Crippen LogP contribution >= 0.6 is 0 Å². The zero-order valence-electron chi connectivity index (χ0n) is 42.5. The average Bonchev–Trinajstić information content (AvgIpc) is 3.91. The van der Waals surface area contributed by atoms with E-state index >= 15 is 0 Å². The first kappa shape index (κ1) is 52.6. The molecule has 0 radical (unpaired) electrons. The molecule has 10 nitrogen and oxygen atoms in total. The lowest BCUT2D eigenvalue weighted by atomic mass is 10.1. The predicted molar refractivity (Wildman–Crippen MR) is 277 cm³/mol. The summed E-state index contributed by atoms with van der Waals surface area (Å²) >= 11 is 0. The summed E-state index contributed by atoms with van der Waals surface area (Å²) in [4.78, 5) is 31.7. The molecule has 2 fully saturated rings. The fraction of sp³-hybridized carbons (Fsp3) is 0.500. The van der Waals surface area contributed by atoms with E-state index in [2.05, 4.69) is 102 Å². The van der Waals surface area contributed by atoms with Crippen LogP contribution in [0.3, 0.4) is 0 Å². The lowest BCUT2D eigenvalue weighted by Crippen LogP contribution is -2.67. The number of carbonyl (C=O) groups excluding carboxylic acids is 2. The molecule has 366 valence electrons. The van der Waals surface area contributed by atoms with Gasteiger partial charge in [-0.25, -0.2) is 9.59 Å². The Balaban J connectivity index is 1.28. The Morgan fingerprint density at radius 1 is 0.500 bits per heavy atom. The Hall–Kier alpha value is -4.75. The summed E-state index contributed by atoms with van der Waals surface area (Å²) in [6.45, 7) is 24.7.